The van der Waals surface area contributed by atoms with E-state index >= 15 is 0 Å². The maximum atomic E-state index is 14.2. The van der Waals surface area contributed by atoms with Crippen LogP contribution in [0.2, 0.25) is 0 Å². The van der Waals surface area contributed by atoms with Gasteiger partial charge in [-0.25, -0.2) is 9.38 Å². The molecule has 4 rings (SSSR count). The average molecular weight is 396 g/mol. The van der Waals surface area contributed by atoms with Crippen molar-refractivity contribution in [2.45, 2.75) is 25.9 Å². The smallest absolute Gasteiger partial charge is 0.256 e. The number of aromatic hydroxyl groups is 1. The van der Waals surface area contributed by atoms with E-state index in [1.54, 1.807) is 24.3 Å². The van der Waals surface area contributed by atoms with Crippen LogP contribution in [0.4, 0.5) is 10.1 Å². The molecule has 1 amide bonds. The van der Waals surface area contributed by atoms with Crippen molar-refractivity contribution in [3.8, 4) is 5.75 Å². The summed E-state index contributed by atoms with van der Waals surface area (Å²) < 4.78 is 25.5. The number of benzene rings is 2. The summed E-state index contributed by atoms with van der Waals surface area (Å²) in [7, 11) is 0. The van der Waals surface area contributed by atoms with Gasteiger partial charge in [0.05, 0.1) is 6.10 Å². The Morgan fingerprint density at radius 1 is 1.28 bits per heavy atom. The summed E-state index contributed by atoms with van der Waals surface area (Å²) in [6.45, 7) is 2.90. The summed E-state index contributed by atoms with van der Waals surface area (Å²) in [6, 6.07) is 10.7. The maximum absolute atomic E-state index is 14.2. The van der Waals surface area contributed by atoms with Crippen LogP contribution in [0.25, 0.3) is 11.0 Å². The molecule has 150 valence electrons. The fourth-order valence-electron chi connectivity index (χ4n) is 3.28. The number of aryl methyl sites for hydroxylation is 1. The van der Waals surface area contributed by atoms with Crippen LogP contribution in [-0.4, -0.2) is 30.3 Å². The number of phenolic OH excluding ortho intramolecular Hbond substituents is 1. The second-order valence-electron chi connectivity index (χ2n) is 7.10. The largest absolute Gasteiger partial charge is 0.508 e. The highest BCUT2D eigenvalue weighted by Gasteiger charge is 2.19. The molecule has 1 saturated heterocycles. The number of ether oxygens (including phenoxy) is 1. The van der Waals surface area contributed by atoms with Crippen LogP contribution in [-0.2, 0) is 4.74 Å². The number of fused-ring (bicyclic) bond motifs is 1. The summed E-state index contributed by atoms with van der Waals surface area (Å²) in [4.78, 5) is 17.1. The lowest BCUT2D eigenvalue weighted by Crippen LogP contribution is -2.34. The summed E-state index contributed by atoms with van der Waals surface area (Å²) in [5.41, 5.74) is 1.39. The molecule has 2 aromatic carbocycles. The van der Waals surface area contributed by atoms with Crippen molar-refractivity contribution in [1.29, 1.82) is 0 Å². The summed E-state index contributed by atoms with van der Waals surface area (Å²) in [5.74, 6) is -0.886. The minimum absolute atomic E-state index is 0.0112. The van der Waals surface area contributed by atoms with Crippen LogP contribution in [0.15, 0.2) is 51.9 Å². The molecule has 0 saturated carbocycles. The minimum atomic E-state index is -0.521. The normalized spacial score (nSPS) is 17.0. The maximum Gasteiger partial charge on any atom is 0.256 e. The molecule has 1 aromatic heterocycles. The number of nitrogens with one attached hydrogen (secondary N) is 1. The number of carbonyl (C=O) groups excluding carboxylic acids is 1. The van der Waals surface area contributed by atoms with Crippen molar-refractivity contribution >= 4 is 22.6 Å². The Labute approximate surface area is 166 Å². The molecule has 1 fully saturated rings. The van der Waals surface area contributed by atoms with E-state index in [1.165, 1.54) is 18.2 Å². The quantitative estimate of drug-likeness (QED) is 0.704. The molecule has 0 radical (unpaired) electrons. The van der Waals surface area contributed by atoms with Crippen LogP contribution in [0, 0.1) is 12.7 Å². The molecule has 0 aliphatic carbocycles. The molecule has 1 aliphatic heterocycles. The van der Waals surface area contributed by atoms with E-state index in [1.807, 2.05) is 6.92 Å². The van der Waals surface area contributed by atoms with Crippen molar-refractivity contribution in [2.75, 3.05) is 13.2 Å². The third kappa shape index (κ3) is 4.30. The average Bonchev–Trinajstić information content (AvgIpc) is 3.22. The first kappa shape index (κ1) is 19.1. The molecule has 2 N–H and O–H groups in total. The van der Waals surface area contributed by atoms with Crippen molar-refractivity contribution in [2.24, 2.45) is 4.99 Å². The summed E-state index contributed by atoms with van der Waals surface area (Å²) >= 11 is 0. The molecular formula is C22H21FN2O4. The minimum Gasteiger partial charge on any atom is -0.508 e. The Morgan fingerprint density at radius 2 is 2.14 bits per heavy atom. The highest BCUT2D eigenvalue weighted by atomic mass is 19.1. The van der Waals surface area contributed by atoms with Crippen molar-refractivity contribution in [1.82, 2.24) is 5.32 Å². The number of nitrogens with zero attached hydrogens (tertiary/aromatic N) is 1. The van der Waals surface area contributed by atoms with Crippen LogP contribution in [0.1, 0.15) is 28.8 Å². The van der Waals surface area contributed by atoms with Gasteiger partial charge in [-0.1, -0.05) is 6.07 Å². The Hall–Kier alpha value is -3.19. The van der Waals surface area contributed by atoms with Gasteiger partial charge in [0.15, 0.2) is 0 Å². The van der Waals surface area contributed by atoms with Gasteiger partial charge in [0, 0.05) is 24.6 Å². The van der Waals surface area contributed by atoms with Crippen LogP contribution in [0.5, 0.6) is 5.75 Å². The Morgan fingerprint density at radius 3 is 2.93 bits per heavy atom. The highest BCUT2D eigenvalue weighted by molar-refractivity contribution is 5.96. The van der Waals surface area contributed by atoms with Crippen LogP contribution >= 0.6 is 0 Å². The monoisotopic (exact) mass is 396 g/mol. The second-order valence-corrected chi connectivity index (χ2v) is 7.10. The molecule has 1 atom stereocenters. The van der Waals surface area contributed by atoms with E-state index in [2.05, 4.69) is 10.3 Å². The van der Waals surface area contributed by atoms with E-state index in [9.17, 15) is 14.3 Å². The fourth-order valence-corrected chi connectivity index (χ4v) is 3.28. The van der Waals surface area contributed by atoms with Gasteiger partial charge in [-0.15, -0.1) is 0 Å². The van der Waals surface area contributed by atoms with Gasteiger partial charge < -0.3 is 19.6 Å². The van der Waals surface area contributed by atoms with E-state index in [-0.39, 0.29) is 34.6 Å². The third-order valence-electron chi connectivity index (χ3n) is 4.82. The number of hydrogen-bond donors (Lipinski definition) is 2. The van der Waals surface area contributed by atoms with Gasteiger partial charge in [-0.2, -0.15) is 0 Å². The van der Waals surface area contributed by atoms with Gasteiger partial charge in [0.2, 0.25) is 5.55 Å². The zero-order chi connectivity index (χ0) is 20.4. The Balaban J connectivity index is 1.79. The Bertz CT molecular complexity index is 1130. The molecule has 3 aromatic rings. The zero-order valence-electron chi connectivity index (χ0n) is 15.9. The number of phenols is 1. The molecule has 7 heteroatoms. The SMILES string of the molecule is Cc1ccc(F)c(N=c2oc3cc(O)ccc3cc2C(=O)NC[C@@H]2CCCO2)c1. The molecule has 1 aliphatic rings. The molecule has 0 spiro atoms. The number of halogens is 1. The highest BCUT2D eigenvalue weighted by Crippen LogP contribution is 2.22. The van der Waals surface area contributed by atoms with E-state index in [0.29, 0.717) is 24.1 Å². The van der Waals surface area contributed by atoms with E-state index in [4.69, 9.17) is 9.15 Å². The van der Waals surface area contributed by atoms with Crippen molar-refractivity contribution in [3.63, 3.8) is 0 Å². The van der Waals surface area contributed by atoms with Gasteiger partial charge in [-0.05, 0) is 55.7 Å². The third-order valence-corrected chi connectivity index (χ3v) is 4.82. The Kier molecular flexibility index (Phi) is 5.31. The van der Waals surface area contributed by atoms with Crippen LogP contribution in [0.3, 0.4) is 0 Å². The van der Waals surface area contributed by atoms with Gasteiger partial charge in [-0.3, -0.25) is 4.79 Å². The van der Waals surface area contributed by atoms with E-state index < -0.39 is 5.82 Å². The fraction of sp³-hybridized carbons (Fsp3) is 0.273. The predicted octanol–water partition coefficient (Wildman–Crippen LogP) is 3.73. The number of amides is 1. The molecule has 29 heavy (non-hydrogen) atoms. The van der Waals surface area contributed by atoms with E-state index in [0.717, 1.165) is 18.4 Å². The number of rotatable bonds is 4. The lowest BCUT2D eigenvalue weighted by molar-refractivity contribution is 0.0854. The molecule has 0 unspecified atom stereocenters. The molecule has 2 heterocycles. The standard InChI is InChI=1S/C22H21FN2O4/c1-13-4-7-18(23)19(9-13)25-22-17(21(27)24-12-16-3-2-8-28-16)10-14-5-6-15(26)11-20(14)29-22/h4-7,9-11,16,26H,2-3,8,12H2,1H3,(H,24,27)/t16-/m0/s1. The van der Waals surface area contributed by atoms with Crippen LogP contribution < -0.4 is 10.9 Å². The first-order valence-electron chi connectivity index (χ1n) is 9.47. The lowest BCUT2D eigenvalue weighted by Gasteiger charge is -2.11. The molecule has 6 nitrogen and oxygen atoms in total. The zero-order valence-corrected chi connectivity index (χ0v) is 15.9. The number of hydrogen-bond acceptors (Lipinski definition) is 5. The molecular weight excluding hydrogens is 375 g/mol. The first-order chi connectivity index (χ1) is 14.0. The van der Waals surface area contributed by atoms with Crippen molar-refractivity contribution < 1.29 is 23.4 Å². The van der Waals surface area contributed by atoms with Gasteiger partial charge in [0.25, 0.3) is 5.91 Å². The van der Waals surface area contributed by atoms with Gasteiger partial charge in [0.1, 0.15) is 28.4 Å². The topological polar surface area (TPSA) is 84.1 Å². The summed E-state index contributed by atoms with van der Waals surface area (Å²) in [6.07, 6.45) is 1.86. The first-order valence-corrected chi connectivity index (χ1v) is 9.47. The lowest BCUT2D eigenvalue weighted by atomic mass is 10.1. The van der Waals surface area contributed by atoms with Crippen molar-refractivity contribution in [3.05, 3.63) is 65.0 Å². The van der Waals surface area contributed by atoms with Gasteiger partial charge >= 0.3 is 0 Å². The summed E-state index contributed by atoms with van der Waals surface area (Å²) in [5, 5.41) is 13.2. The number of carbonyl (C=O) groups is 1. The molecule has 0 bridgehead atoms. The second kappa shape index (κ2) is 8.05. The predicted molar refractivity (Wildman–Crippen MR) is 106 cm³/mol.